The molecule has 2 fully saturated rings. The van der Waals surface area contributed by atoms with Gasteiger partial charge >= 0.3 is 0 Å². The number of carbonyl (C=O) groups excluding carboxylic acids is 1. The average Bonchev–Trinajstić information content (AvgIpc) is 3.03. The molecule has 1 amide bonds. The summed E-state index contributed by atoms with van der Waals surface area (Å²) in [7, 11) is 3.67. The lowest BCUT2D eigenvalue weighted by Crippen LogP contribution is -2.44. The average molecular weight is 278 g/mol. The van der Waals surface area contributed by atoms with Crippen molar-refractivity contribution in [2.24, 2.45) is 7.05 Å². The minimum absolute atomic E-state index is 0.110. The highest BCUT2D eigenvalue weighted by atomic mass is 16.5. The Morgan fingerprint density at radius 2 is 2.40 bits per heavy atom. The van der Waals surface area contributed by atoms with Gasteiger partial charge in [0.15, 0.2) is 0 Å². The van der Waals surface area contributed by atoms with Gasteiger partial charge in [0.25, 0.3) is 0 Å². The van der Waals surface area contributed by atoms with Gasteiger partial charge in [-0.3, -0.25) is 4.79 Å². The first-order chi connectivity index (χ1) is 9.69. The van der Waals surface area contributed by atoms with Gasteiger partial charge in [-0.1, -0.05) is 0 Å². The van der Waals surface area contributed by atoms with Crippen LogP contribution in [0.2, 0.25) is 0 Å². The molecule has 2 unspecified atom stereocenters. The topological polar surface area (TPSA) is 59.4 Å². The van der Waals surface area contributed by atoms with E-state index in [1.54, 1.807) is 13.3 Å². The van der Waals surface area contributed by atoms with Crippen molar-refractivity contribution in [1.29, 1.82) is 0 Å². The normalized spacial score (nSPS) is 25.9. The van der Waals surface area contributed by atoms with Gasteiger partial charge in [-0.15, -0.1) is 0 Å². The number of aromatic nitrogens is 2. The maximum absolute atomic E-state index is 12.7. The van der Waals surface area contributed by atoms with Gasteiger partial charge in [0.05, 0.1) is 18.7 Å². The molecule has 2 heterocycles. The van der Waals surface area contributed by atoms with Gasteiger partial charge in [-0.25, -0.2) is 4.98 Å². The van der Waals surface area contributed by atoms with Gasteiger partial charge in [-0.05, 0) is 19.3 Å². The van der Waals surface area contributed by atoms with Gasteiger partial charge < -0.3 is 19.5 Å². The smallest absolute Gasteiger partial charge is 0.240 e. The van der Waals surface area contributed by atoms with E-state index >= 15 is 0 Å². The Labute approximate surface area is 119 Å². The van der Waals surface area contributed by atoms with Crippen LogP contribution >= 0.6 is 0 Å². The number of nitrogens with one attached hydrogen (secondary N) is 1. The lowest BCUT2D eigenvalue weighted by Gasteiger charge is -2.25. The number of hydrogen-bond donors (Lipinski definition) is 1. The summed E-state index contributed by atoms with van der Waals surface area (Å²) >= 11 is 0. The van der Waals surface area contributed by atoms with Crippen molar-refractivity contribution in [3.63, 3.8) is 0 Å². The van der Waals surface area contributed by atoms with Crippen molar-refractivity contribution < 1.29 is 9.53 Å². The molecule has 2 aliphatic rings. The SMILES string of the molecule is COC1CNC(C(=O)N(Cc2nccn2C)C2CC2)C1. The van der Waals surface area contributed by atoms with Crippen LogP contribution in [-0.4, -0.2) is 52.2 Å². The molecular weight excluding hydrogens is 256 g/mol. The summed E-state index contributed by atoms with van der Waals surface area (Å²) in [4.78, 5) is 19.0. The highest BCUT2D eigenvalue weighted by molar-refractivity contribution is 5.82. The van der Waals surface area contributed by atoms with E-state index in [1.807, 2.05) is 22.7 Å². The minimum atomic E-state index is -0.110. The molecule has 3 rings (SSSR count). The molecule has 0 aromatic carbocycles. The summed E-state index contributed by atoms with van der Waals surface area (Å²) in [6.07, 6.45) is 6.82. The molecular formula is C14H22N4O2. The second kappa shape index (κ2) is 5.54. The number of imidazole rings is 1. The Balaban J connectivity index is 1.68. The molecule has 1 aromatic rings. The van der Waals surface area contributed by atoms with Crippen LogP contribution in [-0.2, 0) is 23.1 Å². The zero-order valence-electron chi connectivity index (χ0n) is 12.1. The number of rotatable bonds is 5. The Morgan fingerprint density at radius 3 is 2.95 bits per heavy atom. The second-order valence-corrected chi connectivity index (χ2v) is 5.71. The van der Waals surface area contributed by atoms with Crippen LogP contribution < -0.4 is 5.32 Å². The molecule has 6 nitrogen and oxygen atoms in total. The van der Waals surface area contributed by atoms with Crippen molar-refractivity contribution in [2.45, 2.75) is 44.0 Å². The zero-order valence-corrected chi connectivity index (χ0v) is 12.1. The molecule has 0 spiro atoms. The van der Waals surface area contributed by atoms with Gasteiger partial charge in [0.1, 0.15) is 5.82 Å². The van der Waals surface area contributed by atoms with Crippen LogP contribution in [0.3, 0.4) is 0 Å². The van der Waals surface area contributed by atoms with E-state index in [9.17, 15) is 4.79 Å². The highest BCUT2D eigenvalue weighted by Crippen LogP contribution is 2.29. The zero-order chi connectivity index (χ0) is 14.1. The Morgan fingerprint density at radius 1 is 1.60 bits per heavy atom. The number of carbonyl (C=O) groups is 1. The van der Waals surface area contributed by atoms with E-state index < -0.39 is 0 Å². The summed E-state index contributed by atoms with van der Waals surface area (Å²) in [5.74, 6) is 1.13. The predicted molar refractivity (Wildman–Crippen MR) is 74.0 cm³/mol. The van der Waals surface area contributed by atoms with Gasteiger partial charge in [0, 0.05) is 39.1 Å². The summed E-state index contributed by atoms with van der Waals surface area (Å²) in [5.41, 5.74) is 0. The summed E-state index contributed by atoms with van der Waals surface area (Å²) < 4.78 is 7.30. The number of methoxy groups -OCH3 is 1. The summed E-state index contributed by atoms with van der Waals surface area (Å²) in [6, 6.07) is 0.281. The standard InChI is InChI=1S/C14H22N4O2/c1-17-6-5-15-13(17)9-18(10-3-4-10)14(19)12-7-11(20-2)8-16-12/h5-6,10-12,16H,3-4,7-9H2,1-2H3. The lowest BCUT2D eigenvalue weighted by molar-refractivity contribution is -0.134. The maximum atomic E-state index is 12.7. The van der Waals surface area contributed by atoms with Crippen LogP contribution in [0.15, 0.2) is 12.4 Å². The van der Waals surface area contributed by atoms with Gasteiger partial charge in [-0.2, -0.15) is 0 Å². The van der Waals surface area contributed by atoms with Crippen LogP contribution in [0.25, 0.3) is 0 Å². The Kier molecular flexibility index (Phi) is 3.76. The lowest BCUT2D eigenvalue weighted by atomic mass is 10.1. The number of nitrogens with zero attached hydrogens (tertiary/aromatic N) is 3. The van der Waals surface area contributed by atoms with Crippen LogP contribution in [0.4, 0.5) is 0 Å². The van der Waals surface area contributed by atoms with E-state index in [0.29, 0.717) is 12.6 Å². The van der Waals surface area contributed by atoms with E-state index in [2.05, 4.69) is 10.3 Å². The first-order valence-corrected chi connectivity index (χ1v) is 7.22. The minimum Gasteiger partial charge on any atom is -0.380 e. The quantitative estimate of drug-likeness (QED) is 0.841. The van der Waals surface area contributed by atoms with E-state index in [0.717, 1.165) is 31.6 Å². The Hall–Kier alpha value is -1.40. The molecule has 1 N–H and O–H groups in total. The van der Waals surface area contributed by atoms with E-state index in [4.69, 9.17) is 4.74 Å². The fraction of sp³-hybridized carbons (Fsp3) is 0.714. The molecule has 2 atom stereocenters. The molecule has 110 valence electrons. The third-order valence-electron chi connectivity index (χ3n) is 4.23. The molecule has 20 heavy (non-hydrogen) atoms. The molecule has 1 saturated carbocycles. The molecule has 1 aromatic heterocycles. The van der Waals surface area contributed by atoms with E-state index in [-0.39, 0.29) is 18.1 Å². The monoisotopic (exact) mass is 278 g/mol. The van der Waals surface area contributed by atoms with Crippen LogP contribution in [0.5, 0.6) is 0 Å². The van der Waals surface area contributed by atoms with Crippen molar-refractivity contribution in [3.05, 3.63) is 18.2 Å². The molecule has 1 aliphatic heterocycles. The van der Waals surface area contributed by atoms with Crippen molar-refractivity contribution in [1.82, 2.24) is 19.8 Å². The third-order valence-corrected chi connectivity index (χ3v) is 4.23. The number of ether oxygens (including phenoxy) is 1. The number of amides is 1. The van der Waals surface area contributed by atoms with E-state index in [1.165, 1.54) is 0 Å². The fourth-order valence-electron chi connectivity index (χ4n) is 2.75. The first-order valence-electron chi connectivity index (χ1n) is 7.22. The fourth-order valence-corrected chi connectivity index (χ4v) is 2.75. The number of aryl methyl sites for hydroxylation is 1. The van der Waals surface area contributed by atoms with Crippen LogP contribution in [0, 0.1) is 0 Å². The van der Waals surface area contributed by atoms with Crippen molar-refractivity contribution >= 4 is 5.91 Å². The maximum Gasteiger partial charge on any atom is 0.240 e. The molecule has 6 heteroatoms. The molecule has 0 bridgehead atoms. The summed E-state index contributed by atoms with van der Waals surface area (Å²) in [5, 5.41) is 3.27. The van der Waals surface area contributed by atoms with Crippen molar-refractivity contribution in [2.75, 3.05) is 13.7 Å². The largest absolute Gasteiger partial charge is 0.380 e. The predicted octanol–water partition coefficient (Wildman–Crippen LogP) is 0.288. The third kappa shape index (κ3) is 2.71. The molecule has 1 saturated heterocycles. The second-order valence-electron chi connectivity index (χ2n) is 5.71. The first kappa shape index (κ1) is 13.6. The van der Waals surface area contributed by atoms with Crippen LogP contribution in [0.1, 0.15) is 25.1 Å². The highest BCUT2D eigenvalue weighted by Gasteiger charge is 2.39. The molecule has 0 radical (unpaired) electrons. The van der Waals surface area contributed by atoms with Gasteiger partial charge in [0.2, 0.25) is 5.91 Å². The Bertz CT molecular complexity index is 483. The number of hydrogen-bond acceptors (Lipinski definition) is 4. The molecule has 1 aliphatic carbocycles. The van der Waals surface area contributed by atoms with Crippen molar-refractivity contribution in [3.8, 4) is 0 Å². The summed E-state index contributed by atoms with van der Waals surface area (Å²) in [6.45, 7) is 1.36.